The van der Waals surface area contributed by atoms with Gasteiger partial charge in [-0.15, -0.1) is 11.3 Å². The Bertz CT molecular complexity index is 770. The zero-order valence-corrected chi connectivity index (χ0v) is 15.6. The summed E-state index contributed by atoms with van der Waals surface area (Å²) in [6, 6.07) is 7.28. The van der Waals surface area contributed by atoms with E-state index in [1.54, 1.807) is 6.20 Å². The molecule has 1 aliphatic carbocycles. The average Bonchev–Trinajstić information content (AvgIpc) is 3.10. The van der Waals surface area contributed by atoms with Gasteiger partial charge in [0.1, 0.15) is 5.01 Å². The van der Waals surface area contributed by atoms with Crippen LogP contribution >= 0.6 is 22.9 Å². The first-order valence-electron chi connectivity index (χ1n) is 8.49. The molecule has 0 unspecified atom stereocenters. The molecule has 0 saturated heterocycles. The number of carboxylic acid groups (broad SMARTS) is 1. The Morgan fingerprint density at radius 3 is 2.54 bits per heavy atom. The van der Waals surface area contributed by atoms with Crippen LogP contribution in [0.1, 0.15) is 30.6 Å². The van der Waals surface area contributed by atoms with E-state index < -0.39 is 5.97 Å². The maximum absolute atomic E-state index is 12.0. The number of hydrogen-bond acceptors (Lipinski definition) is 4. The van der Waals surface area contributed by atoms with Crippen LogP contribution in [0, 0.1) is 5.92 Å². The molecule has 26 heavy (non-hydrogen) atoms. The Balaban J connectivity index is 1.45. The predicted octanol–water partition coefficient (Wildman–Crippen LogP) is 3.91. The highest BCUT2D eigenvalue weighted by Gasteiger charge is 2.26. The minimum absolute atomic E-state index is 0.0386. The van der Waals surface area contributed by atoms with Crippen molar-refractivity contribution in [2.45, 2.75) is 38.3 Å². The van der Waals surface area contributed by atoms with Crippen molar-refractivity contribution in [1.29, 1.82) is 0 Å². The van der Waals surface area contributed by atoms with E-state index in [1.807, 2.05) is 24.3 Å². The van der Waals surface area contributed by atoms with Crippen LogP contribution in [0.15, 0.2) is 30.5 Å². The maximum atomic E-state index is 12.0. The van der Waals surface area contributed by atoms with E-state index in [2.05, 4.69) is 15.6 Å². The molecule has 0 bridgehead atoms. The zero-order valence-electron chi connectivity index (χ0n) is 14.1. The summed E-state index contributed by atoms with van der Waals surface area (Å²) in [5.41, 5.74) is 0.991. The van der Waals surface area contributed by atoms with Crippen molar-refractivity contribution < 1.29 is 14.7 Å². The van der Waals surface area contributed by atoms with Gasteiger partial charge in [-0.05, 0) is 37.8 Å². The van der Waals surface area contributed by atoms with Gasteiger partial charge in [-0.2, -0.15) is 0 Å². The number of carboxylic acids is 1. The van der Waals surface area contributed by atoms with Crippen LogP contribution in [0.4, 0.5) is 4.79 Å². The van der Waals surface area contributed by atoms with Crippen molar-refractivity contribution >= 4 is 34.9 Å². The van der Waals surface area contributed by atoms with Gasteiger partial charge in [0.05, 0.1) is 12.5 Å². The molecule has 0 aliphatic heterocycles. The molecule has 3 N–H and O–H groups in total. The Labute approximate surface area is 160 Å². The SMILES string of the molecule is O=C(NCc1cnc(-c2ccc(Cl)cc2)s1)NC1CCC(C(=O)O)CC1. The fraction of sp³-hybridized carbons (Fsp3) is 0.389. The number of rotatable bonds is 5. The zero-order chi connectivity index (χ0) is 18.5. The number of benzene rings is 1. The average molecular weight is 394 g/mol. The first kappa shape index (κ1) is 18.7. The van der Waals surface area contributed by atoms with E-state index in [-0.39, 0.29) is 18.0 Å². The van der Waals surface area contributed by atoms with Crippen LogP contribution < -0.4 is 10.6 Å². The highest BCUT2D eigenvalue weighted by Crippen LogP contribution is 2.26. The summed E-state index contributed by atoms with van der Waals surface area (Å²) < 4.78 is 0. The summed E-state index contributed by atoms with van der Waals surface area (Å²) >= 11 is 7.41. The number of halogens is 1. The van der Waals surface area contributed by atoms with Crippen molar-refractivity contribution in [1.82, 2.24) is 15.6 Å². The van der Waals surface area contributed by atoms with Gasteiger partial charge in [0.15, 0.2) is 0 Å². The summed E-state index contributed by atoms with van der Waals surface area (Å²) in [4.78, 5) is 28.3. The molecule has 1 fully saturated rings. The fourth-order valence-electron chi connectivity index (χ4n) is 3.00. The smallest absolute Gasteiger partial charge is 0.315 e. The molecule has 1 saturated carbocycles. The van der Waals surface area contributed by atoms with E-state index in [1.165, 1.54) is 11.3 Å². The maximum Gasteiger partial charge on any atom is 0.315 e. The quantitative estimate of drug-likeness (QED) is 0.718. The second-order valence-corrected chi connectivity index (χ2v) is 7.90. The number of aromatic nitrogens is 1. The van der Waals surface area contributed by atoms with Crippen LogP contribution in [0.5, 0.6) is 0 Å². The van der Waals surface area contributed by atoms with Crippen molar-refractivity contribution in [2.24, 2.45) is 5.92 Å². The normalized spacial score (nSPS) is 19.7. The van der Waals surface area contributed by atoms with Gasteiger partial charge in [0.25, 0.3) is 0 Å². The topological polar surface area (TPSA) is 91.3 Å². The monoisotopic (exact) mass is 393 g/mol. The summed E-state index contributed by atoms with van der Waals surface area (Å²) in [5, 5.41) is 16.3. The molecule has 138 valence electrons. The number of amides is 2. The third-order valence-electron chi connectivity index (χ3n) is 4.48. The Morgan fingerprint density at radius 1 is 1.19 bits per heavy atom. The minimum atomic E-state index is -0.741. The van der Waals surface area contributed by atoms with Crippen molar-refractivity contribution in [3.8, 4) is 10.6 Å². The fourth-order valence-corrected chi connectivity index (χ4v) is 3.99. The van der Waals surface area contributed by atoms with E-state index in [0.29, 0.717) is 37.3 Å². The van der Waals surface area contributed by atoms with E-state index in [4.69, 9.17) is 16.7 Å². The number of carbonyl (C=O) groups excluding carboxylic acids is 1. The van der Waals surface area contributed by atoms with Gasteiger partial charge >= 0.3 is 12.0 Å². The standard InChI is InChI=1S/C18H20ClN3O3S/c19-13-5-1-11(2-6-13)16-20-9-15(26-16)10-21-18(25)22-14-7-3-12(4-8-14)17(23)24/h1-2,5-6,9,12,14H,3-4,7-8,10H2,(H,23,24)(H2,21,22,25). The number of urea groups is 1. The molecule has 0 spiro atoms. The van der Waals surface area contributed by atoms with E-state index in [9.17, 15) is 9.59 Å². The first-order chi connectivity index (χ1) is 12.5. The number of hydrogen-bond donors (Lipinski definition) is 3. The first-order valence-corrected chi connectivity index (χ1v) is 9.68. The molecule has 2 aromatic rings. The van der Waals surface area contributed by atoms with Crippen molar-refractivity contribution in [2.75, 3.05) is 0 Å². The lowest BCUT2D eigenvalue weighted by atomic mass is 9.86. The largest absolute Gasteiger partial charge is 0.481 e. The van der Waals surface area contributed by atoms with Gasteiger partial charge < -0.3 is 15.7 Å². The lowest BCUT2D eigenvalue weighted by molar-refractivity contribution is -0.142. The van der Waals surface area contributed by atoms with Crippen LogP contribution in [-0.4, -0.2) is 28.1 Å². The molecule has 3 rings (SSSR count). The number of nitrogens with zero attached hydrogens (tertiary/aromatic N) is 1. The highest BCUT2D eigenvalue weighted by molar-refractivity contribution is 7.15. The van der Waals surface area contributed by atoms with Crippen LogP contribution in [0.25, 0.3) is 10.6 Å². The third-order valence-corrected chi connectivity index (χ3v) is 5.78. The molecule has 1 heterocycles. The van der Waals surface area contributed by atoms with E-state index in [0.717, 1.165) is 15.4 Å². The van der Waals surface area contributed by atoms with Gasteiger partial charge in [0.2, 0.25) is 0 Å². The Hall–Kier alpha value is -2.12. The molecule has 8 heteroatoms. The number of nitrogens with one attached hydrogen (secondary N) is 2. The number of aliphatic carboxylic acids is 1. The Morgan fingerprint density at radius 2 is 1.88 bits per heavy atom. The molecule has 6 nitrogen and oxygen atoms in total. The molecule has 2 amide bonds. The van der Waals surface area contributed by atoms with E-state index >= 15 is 0 Å². The molecule has 1 aromatic carbocycles. The number of carbonyl (C=O) groups is 2. The second-order valence-electron chi connectivity index (χ2n) is 6.35. The summed E-state index contributed by atoms with van der Waals surface area (Å²) in [5.74, 6) is -1.02. The minimum Gasteiger partial charge on any atom is -0.481 e. The summed E-state index contributed by atoms with van der Waals surface area (Å²) in [6.45, 7) is 0.404. The third kappa shape index (κ3) is 4.95. The molecule has 0 radical (unpaired) electrons. The van der Waals surface area contributed by atoms with Crippen LogP contribution in [0.3, 0.4) is 0 Å². The second kappa shape index (κ2) is 8.51. The van der Waals surface area contributed by atoms with Crippen LogP contribution in [-0.2, 0) is 11.3 Å². The molecule has 1 aliphatic rings. The highest BCUT2D eigenvalue weighted by atomic mass is 35.5. The van der Waals surface area contributed by atoms with Gasteiger partial charge in [-0.3, -0.25) is 4.79 Å². The van der Waals surface area contributed by atoms with Gasteiger partial charge in [-0.1, -0.05) is 23.7 Å². The summed E-state index contributed by atoms with van der Waals surface area (Å²) in [6.07, 6.45) is 4.38. The Kier molecular flexibility index (Phi) is 6.11. The summed E-state index contributed by atoms with van der Waals surface area (Å²) in [7, 11) is 0. The predicted molar refractivity (Wildman–Crippen MR) is 101 cm³/mol. The van der Waals surface area contributed by atoms with Crippen LogP contribution in [0.2, 0.25) is 5.02 Å². The van der Waals surface area contributed by atoms with Gasteiger partial charge in [-0.25, -0.2) is 9.78 Å². The molecular weight excluding hydrogens is 374 g/mol. The molecule has 1 aromatic heterocycles. The van der Waals surface area contributed by atoms with Crippen molar-refractivity contribution in [3.05, 3.63) is 40.4 Å². The number of thiazole rings is 1. The van der Waals surface area contributed by atoms with Crippen molar-refractivity contribution in [3.63, 3.8) is 0 Å². The molecule has 0 atom stereocenters. The molecular formula is C18H20ClN3O3S. The van der Waals surface area contributed by atoms with Gasteiger partial charge in [0, 0.05) is 27.7 Å². The lowest BCUT2D eigenvalue weighted by Gasteiger charge is -2.26. The lowest BCUT2D eigenvalue weighted by Crippen LogP contribution is -2.43.